The smallest absolute Gasteiger partial charge is 0.0193 e. The molecule has 2 nitrogen and oxygen atoms in total. The summed E-state index contributed by atoms with van der Waals surface area (Å²) in [7, 11) is 2.32. The molecular weight excluding hydrogens is 196 g/mol. The fraction of sp³-hybridized carbons (Fsp3) is 1.00. The maximum atomic E-state index is 3.82. The zero-order valence-electron chi connectivity index (χ0n) is 11.1. The van der Waals surface area contributed by atoms with Crippen LogP contribution in [0.1, 0.15) is 58.3 Å². The van der Waals surface area contributed by atoms with Gasteiger partial charge in [-0.15, -0.1) is 0 Å². The Balaban J connectivity index is 1.93. The molecule has 2 heterocycles. The fourth-order valence-corrected chi connectivity index (χ4v) is 3.50. The van der Waals surface area contributed by atoms with Gasteiger partial charge in [-0.05, 0) is 58.7 Å². The van der Waals surface area contributed by atoms with Crippen LogP contribution in [0, 0.1) is 0 Å². The van der Waals surface area contributed by atoms with Crippen LogP contribution in [-0.4, -0.2) is 36.6 Å². The van der Waals surface area contributed by atoms with E-state index in [0.717, 1.165) is 6.04 Å². The SMILES string of the molecule is CCC1(CC2CCCCN2C)CCCCN1. The molecule has 16 heavy (non-hydrogen) atoms. The summed E-state index contributed by atoms with van der Waals surface area (Å²) in [6, 6.07) is 0.833. The first kappa shape index (κ1) is 12.4. The van der Waals surface area contributed by atoms with Crippen LogP contribution in [-0.2, 0) is 0 Å². The Morgan fingerprint density at radius 3 is 2.75 bits per heavy atom. The van der Waals surface area contributed by atoms with Crippen molar-refractivity contribution in [3.63, 3.8) is 0 Å². The highest BCUT2D eigenvalue weighted by Crippen LogP contribution is 2.31. The Morgan fingerprint density at radius 2 is 2.12 bits per heavy atom. The van der Waals surface area contributed by atoms with Crippen LogP contribution >= 0.6 is 0 Å². The average molecular weight is 224 g/mol. The molecule has 0 aromatic carbocycles. The van der Waals surface area contributed by atoms with Crippen molar-refractivity contribution >= 4 is 0 Å². The number of hydrogen-bond acceptors (Lipinski definition) is 2. The van der Waals surface area contributed by atoms with Gasteiger partial charge in [0.25, 0.3) is 0 Å². The van der Waals surface area contributed by atoms with Crippen LogP contribution in [0.3, 0.4) is 0 Å². The second-order valence-corrected chi connectivity index (χ2v) is 5.85. The Labute approximate surface area is 101 Å². The number of piperidine rings is 2. The molecule has 2 heteroatoms. The molecule has 0 amide bonds. The van der Waals surface area contributed by atoms with Crippen LogP contribution in [0.2, 0.25) is 0 Å². The summed E-state index contributed by atoms with van der Waals surface area (Å²) in [5.41, 5.74) is 0.467. The Kier molecular flexibility index (Phi) is 4.26. The quantitative estimate of drug-likeness (QED) is 0.793. The van der Waals surface area contributed by atoms with E-state index < -0.39 is 0 Å². The van der Waals surface area contributed by atoms with Crippen molar-refractivity contribution in [3.8, 4) is 0 Å². The molecule has 0 aromatic heterocycles. The van der Waals surface area contributed by atoms with Crippen LogP contribution in [0.4, 0.5) is 0 Å². The van der Waals surface area contributed by atoms with E-state index in [9.17, 15) is 0 Å². The number of likely N-dealkylation sites (tertiary alicyclic amines) is 1. The summed E-state index contributed by atoms with van der Waals surface area (Å²) in [6.45, 7) is 4.91. The second-order valence-electron chi connectivity index (χ2n) is 5.85. The average Bonchev–Trinajstić information content (AvgIpc) is 2.33. The highest BCUT2D eigenvalue weighted by Gasteiger charge is 2.34. The van der Waals surface area contributed by atoms with Crippen LogP contribution in [0.5, 0.6) is 0 Å². The number of nitrogens with zero attached hydrogens (tertiary/aromatic N) is 1. The van der Waals surface area contributed by atoms with E-state index in [4.69, 9.17) is 0 Å². The lowest BCUT2D eigenvalue weighted by atomic mass is 9.79. The Bertz CT molecular complexity index is 209. The van der Waals surface area contributed by atoms with E-state index in [1.807, 2.05) is 0 Å². The summed E-state index contributed by atoms with van der Waals surface area (Å²) < 4.78 is 0. The molecule has 2 aliphatic heterocycles. The largest absolute Gasteiger partial charge is 0.311 e. The molecule has 2 saturated heterocycles. The van der Waals surface area contributed by atoms with Gasteiger partial charge in [-0.3, -0.25) is 0 Å². The van der Waals surface area contributed by atoms with Gasteiger partial charge in [-0.2, -0.15) is 0 Å². The minimum absolute atomic E-state index is 0.467. The fourth-order valence-electron chi connectivity index (χ4n) is 3.50. The molecule has 94 valence electrons. The predicted octanol–water partition coefficient (Wildman–Crippen LogP) is 2.78. The highest BCUT2D eigenvalue weighted by molar-refractivity contribution is 4.94. The molecule has 0 radical (unpaired) electrons. The van der Waals surface area contributed by atoms with Gasteiger partial charge in [0.15, 0.2) is 0 Å². The molecule has 0 saturated carbocycles. The normalized spacial score (nSPS) is 37.5. The molecule has 0 spiro atoms. The van der Waals surface area contributed by atoms with E-state index in [-0.39, 0.29) is 0 Å². The zero-order chi connectivity index (χ0) is 11.4. The van der Waals surface area contributed by atoms with Crippen molar-refractivity contribution in [2.45, 2.75) is 69.9 Å². The Morgan fingerprint density at radius 1 is 1.25 bits per heavy atom. The second kappa shape index (κ2) is 5.50. The van der Waals surface area contributed by atoms with Crippen molar-refractivity contribution in [1.29, 1.82) is 0 Å². The summed E-state index contributed by atoms with van der Waals surface area (Å²) in [5.74, 6) is 0. The van der Waals surface area contributed by atoms with Crippen molar-refractivity contribution < 1.29 is 0 Å². The molecule has 0 aliphatic carbocycles. The van der Waals surface area contributed by atoms with Gasteiger partial charge >= 0.3 is 0 Å². The van der Waals surface area contributed by atoms with Gasteiger partial charge < -0.3 is 10.2 Å². The molecule has 2 atom stereocenters. The van der Waals surface area contributed by atoms with E-state index >= 15 is 0 Å². The summed E-state index contributed by atoms with van der Waals surface area (Å²) in [5, 5.41) is 3.82. The van der Waals surface area contributed by atoms with E-state index in [0.29, 0.717) is 5.54 Å². The molecule has 1 N–H and O–H groups in total. The standard InChI is InChI=1S/C14H28N2/c1-3-14(9-5-6-10-15-14)12-13-8-4-7-11-16(13)2/h13,15H,3-12H2,1-2H3. The predicted molar refractivity (Wildman–Crippen MR) is 69.8 cm³/mol. The van der Waals surface area contributed by atoms with E-state index in [1.54, 1.807) is 0 Å². The monoisotopic (exact) mass is 224 g/mol. The van der Waals surface area contributed by atoms with Gasteiger partial charge in [0.1, 0.15) is 0 Å². The van der Waals surface area contributed by atoms with E-state index in [1.165, 1.54) is 64.5 Å². The topological polar surface area (TPSA) is 15.3 Å². The minimum atomic E-state index is 0.467. The third-order valence-electron chi connectivity index (χ3n) is 4.81. The first-order chi connectivity index (χ1) is 7.76. The number of rotatable bonds is 3. The molecule has 2 aliphatic rings. The lowest BCUT2D eigenvalue weighted by molar-refractivity contribution is 0.115. The molecule has 2 unspecified atom stereocenters. The van der Waals surface area contributed by atoms with Crippen molar-refractivity contribution in [2.75, 3.05) is 20.1 Å². The van der Waals surface area contributed by atoms with Crippen molar-refractivity contribution in [1.82, 2.24) is 10.2 Å². The Hall–Kier alpha value is -0.0800. The molecule has 0 aromatic rings. The maximum Gasteiger partial charge on any atom is 0.0193 e. The van der Waals surface area contributed by atoms with E-state index in [2.05, 4.69) is 24.2 Å². The maximum absolute atomic E-state index is 3.82. The first-order valence-electron chi connectivity index (χ1n) is 7.21. The third kappa shape index (κ3) is 2.78. The number of nitrogens with one attached hydrogen (secondary N) is 1. The van der Waals surface area contributed by atoms with Gasteiger partial charge in [0.05, 0.1) is 0 Å². The van der Waals surface area contributed by atoms with Crippen LogP contribution in [0.15, 0.2) is 0 Å². The summed E-state index contributed by atoms with van der Waals surface area (Å²) in [6.07, 6.45) is 11.1. The van der Waals surface area contributed by atoms with Crippen molar-refractivity contribution in [2.24, 2.45) is 0 Å². The van der Waals surface area contributed by atoms with Gasteiger partial charge in [-0.1, -0.05) is 19.8 Å². The minimum Gasteiger partial charge on any atom is -0.311 e. The molecular formula is C14H28N2. The highest BCUT2D eigenvalue weighted by atomic mass is 15.1. The van der Waals surface area contributed by atoms with Gasteiger partial charge in [0.2, 0.25) is 0 Å². The zero-order valence-corrected chi connectivity index (χ0v) is 11.1. The van der Waals surface area contributed by atoms with Gasteiger partial charge in [-0.25, -0.2) is 0 Å². The summed E-state index contributed by atoms with van der Waals surface area (Å²) in [4.78, 5) is 2.59. The third-order valence-corrected chi connectivity index (χ3v) is 4.81. The molecule has 2 rings (SSSR count). The van der Waals surface area contributed by atoms with Crippen LogP contribution < -0.4 is 5.32 Å². The first-order valence-corrected chi connectivity index (χ1v) is 7.21. The lowest BCUT2D eigenvalue weighted by Crippen LogP contribution is -2.53. The van der Waals surface area contributed by atoms with Gasteiger partial charge in [0, 0.05) is 11.6 Å². The molecule has 0 bridgehead atoms. The lowest BCUT2D eigenvalue weighted by Gasteiger charge is -2.44. The molecule has 2 fully saturated rings. The number of hydrogen-bond donors (Lipinski definition) is 1. The van der Waals surface area contributed by atoms with Crippen LogP contribution in [0.25, 0.3) is 0 Å². The summed E-state index contributed by atoms with van der Waals surface area (Å²) >= 11 is 0. The van der Waals surface area contributed by atoms with Crippen molar-refractivity contribution in [3.05, 3.63) is 0 Å².